The van der Waals surface area contributed by atoms with Crippen LogP contribution in [0.15, 0.2) is 59.9 Å². The number of benzene rings is 2. The first-order valence-electron chi connectivity index (χ1n) is 9.52. The second-order valence-corrected chi connectivity index (χ2v) is 7.77. The van der Waals surface area contributed by atoms with Crippen molar-refractivity contribution >= 4 is 35.1 Å². The van der Waals surface area contributed by atoms with Crippen LogP contribution >= 0.6 is 23.2 Å². The molecule has 0 amide bonds. The lowest BCUT2D eigenvalue weighted by molar-refractivity contribution is -0.146. The lowest BCUT2D eigenvalue weighted by atomic mass is 9.74. The monoisotopic (exact) mass is 448 g/mol. The highest BCUT2D eigenvalue weighted by atomic mass is 35.5. The molecule has 1 atom stereocenters. The Hall–Kier alpha value is -2.50. The smallest absolute Gasteiger partial charge is 0.338 e. The minimum Gasteiger partial charge on any atom is -0.481 e. The molecule has 2 aromatic rings. The van der Waals surface area contributed by atoms with Crippen molar-refractivity contribution < 1.29 is 23.8 Å². The molecular formula is C23H22Cl2O5. The van der Waals surface area contributed by atoms with Crippen LogP contribution in [0.25, 0.3) is 0 Å². The molecular weight excluding hydrogens is 427 g/mol. The summed E-state index contributed by atoms with van der Waals surface area (Å²) in [6, 6.07) is 14.3. The molecule has 0 saturated carbocycles. The zero-order valence-electron chi connectivity index (χ0n) is 16.9. The van der Waals surface area contributed by atoms with Crippen LogP contribution in [-0.4, -0.2) is 25.2 Å². The number of carbonyl (C=O) groups is 2. The molecule has 5 nitrogen and oxygen atoms in total. The Kier molecular flexibility index (Phi) is 6.74. The molecule has 0 spiro atoms. The van der Waals surface area contributed by atoms with Crippen molar-refractivity contribution in [1.29, 1.82) is 0 Å². The average molecular weight is 449 g/mol. The first-order chi connectivity index (χ1) is 14.3. The zero-order valence-corrected chi connectivity index (χ0v) is 18.4. The molecule has 0 aromatic heterocycles. The SMILES string of the molecule is CCOC(=O)C1=C(C)OC(c2ccc(Cl)cc2)(c2ccc(Cl)cc2)C1COC(C)=O. The lowest BCUT2D eigenvalue weighted by Crippen LogP contribution is -2.39. The first-order valence-corrected chi connectivity index (χ1v) is 10.3. The van der Waals surface area contributed by atoms with Crippen molar-refractivity contribution in [2.45, 2.75) is 26.4 Å². The van der Waals surface area contributed by atoms with Gasteiger partial charge in [-0.3, -0.25) is 4.79 Å². The average Bonchev–Trinajstić information content (AvgIpc) is 3.00. The van der Waals surface area contributed by atoms with Crippen molar-refractivity contribution in [2.24, 2.45) is 5.92 Å². The fraction of sp³-hybridized carbons (Fsp3) is 0.304. The molecule has 3 rings (SSSR count). The first kappa shape index (κ1) is 22.2. The third-order valence-corrected chi connectivity index (χ3v) is 5.53. The van der Waals surface area contributed by atoms with E-state index < -0.39 is 23.5 Å². The van der Waals surface area contributed by atoms with E-state index in [9.17, 15) is 9.59 Å². The van der Waals surface area contributed by atoms with Gasteiger partial charge in [0, 0.05) is 28.1 Å². The van der Waals surface area contributed by atoms with E-state index in [1.165, 1.54) is 6.92 Å². The third kappa shape index (κ3) is 4.18. The highest BCUT2D eigenvalue weighted by Gasteiger charge is 2.54. The van der Waals surface area contributed by atoms with Gasteiger partial charge in [-0.15, -0.1) is 0 Å². The van der Waals surface area contributed by atoms with Crippen LogP contribution in [0.4, 0.5) is 0 Å². The van der Waals surface area contributed by atoms with Crippen LogP contribution in [0.2, 0.25) is 10.0 Å². The van der Waals surface area contributed by atoms with Gasteiger partial charge in [-0.05, 0) is 38.1 Å². The normalized spacial score (nSPS) is 17.4. The molecule has 0 saturated heterocycles. The second kappa shape index (κ2) is 9.11. The Bertz CT molecular complexity index is 919. The maximum Gasteiger partial charge on any atom is 0.338 e. The predicted molar refractivity (Wildman–Crippen MR) is 114 cm³/mol. The van der Waals surface area contributed by atoms with Gasteiger partial charge in [-0.25, -0.2) is 4.79 Å². The predicted octanol–water partition coefficient (Wildman–Crippen LogP) is 5.28. The molecule has 158 valence electrons. The maximum absolute atomic E-state index is 12.8. The summed E-state index contributed by atoms with van der Waals surface area (Å²) in [7, 11) is 0. The summed E-state index contributed by atoms with van der Waals surface area (Å²) in [5.41, 5.74) is 0.717. The Morgan fingerprint density at radius 1 is 0.967 bits per heavy atom. The van der Waals surface area contributed by atoms with Crippen LogP contribution in [0.5, 0.6) is 0 Å². The summed E-state index contributed by atoms with van der Waals surface area (Å²) < 4.78 is 17.1. The molecule has 1 aliphatic heterocycles. The third-order valence-electron chi connectivity index (χ3n) is 5.03. The number of hydrogen-bond donors (Lipinski definition) is 0. The van der Waals surface area contributed by atoms with Crippen molar-refractivity contribution in [3.63, 3.8) is 0 Å². The number of ether oxygens (including phenoxy) is 3. The van der Waals surface area contributed by atoms with E-state index >= 15 is 0 Å². The maximum atomic E-state index is 12.8. The van der Waals surface area contributed by atoms with Gasteiger partial charge < -0.3 is 14.2 Å². The minimum absolute atomic E-state index is 0.0634. The van der Waals surface area contributed by atoms with Crippen LogP contribution in [0.1, 0.15) is 31.9 Å². The van der Waals surface area contributed by atoms with Crippen molar-refractivity contribution in [2.75, 3.05) is 13.2 Å². The van der Waals surface area contributed by atoms with Crippen LogP contribution in [0.3, 0.4) is 0 Å². The molecule has 2 aromatic carbocycles. The number of hydrogen-bond acceptors (Lipinski definition) is 5. The van der Waals surface area contributed by atoms with E-state index in [1.807, 2.05) is 24.3 Å². The molecule has 0 bridgehead atoms. The van der Waals surface area contributed by atoms with Gasteiger partial charge in [0.15, 0.2) is 5.60 Å². The van der Waals surface area contributed by atoms with E-state index in [0.717, 1.165) is 11.1 Å². The molecule has 1 unspecified atom stereocenters. The minimum atomic E-state index is -1.13. The number of allylic oxidation sites excluding steroid dienone is 1. The van der Waals surface area contributed by atoms with Gasteiger partial charge in [0.1, 0.15) is 12.4 Å². The summed E-state index contributed by atoms with van der Waals surface area (Å²) in [6.07, 6.45) is 0. The lowest BCUT2D eigenvalue weighted by Gasteiger charge is -2.36. The van der Waals surface area contributed by atoms with Gasteiger partial charge in [0.05, 0.1) is 18.1 Å². The van der Waals surface area contributed by atoms with Crippen LogP contribution in [-0.2, 0) is 29.4 Å². The summed E-state index contributed by atoms with van der Waals surface area (Å²) >= 11 is 12.2. The zero-order chi connectivity index (χ0) is 21.9. The number of halogens is 2. The van der Waals surface area contributed by atoms with E-state index in [0.29, 0.717) is 21.4 Å². The van der Waals surface area contributed by atoms with Gasteiger partial charge in [-0.2, -0.15) is 0 Å². The number of carbonyl (C=O) groups excluding carboxylic acids is 2. The van der Waals surface area contributed by atoms with Gasteiger partial charge in [0.2, 0.25) is 0 Å². The number of rotatable bonds is 6. The van der Waals surface area contributed by atoms with E-state index in [2.05, 4.69) is 0 Å². The molecule has 1 aliphatic rings. The highest BCUT2D eigenvalue weighted by Crippen LogP contribution is 2.51. The van der Waals surface area contributed by atoms with Crippen molar-refractivity contribution in [3.05, 3.63) is 81.0 Å². The molecule has 30 heavy (non-hydrogen) atoms. The summed E-state index contributed by atoms with van der Waals surface area (Å²) in [6.45, 7) is 4.91. The van der Waals surface area contributed by atoms with E-state index in [1.54, 1.807) is 38.1 Å². The second-order valence-electron chi connectivity index (χ2n) is 6.90. The number of esters is 2. The van der Waals surface area contributed by atoms with Gasteiger partial charge in [0.25, 0.3) is 0 Å². The Balaban J connectivity index is 2.22. The molecule has 0 N–H and O–H groups in total. The fourth-order valence-electron chi connectivity index (χ4n) is 3.79. The molecule has 0 radical (unpaired) electrons. The van der Waals surface area contributed by atoms with E-state index in [4.69, 9.17) is 37.4 Å². The van der Waals surface area contributed by atoms with Gasteiger partial charge in [-0.1, -0.05) is 47.5 Å². The summed E-state index contributed by atoms with van der Waals surface area (Å²) in [5.74, 6) is -1.18. The summed E-state index contributed by atoms with van der Waals surface area (Å²) in [4.78, 5) is 24.5. The topological polar surface area (TPSA) is 61.8 Å². The molecule has 7 heteroatoms. The molecule has 0 fully saturated rings. The van der Waals surface area contributed by atoms with Crippen LogP contribution < -0.4 is 0 Å². The van der Waals surface area contributed by atoms with Crippen molar-refractivity contribution in [3.8, 4) is 0 Å². The fourth-order valence-corrected chi connectivity index (χ4v) is 4.05. The van der Waals surface area contributed by atoms with E-state index in [-0.39, 0.29) is 13.2 Å². The van der Waals surface area contributed by atoms with Gasteiger partial charge >= 0.3 is 11.9 Å². The Labute approximate surface area is 185 Å². The highest BCUT2D eigenvalue weighted by molar-refractivity contribution is 6.30. The Morgan fingerprint density at radius 3 is 1.90 bits per heavy atom. The molecule has 0 aliphatic carbocycles. The summed E-state index contributed by atoms with van der Waals surface area (Å²) in [5, 5.41) is 1.13. The Morgan fingerprint density at radius 2 is 1.47 bits per heavy atom. The quantitative estimate of drug-likeness (QED) is 0.562. The van der Waals surface area contributed by atoms with Crippen LogP contribution in [0, 0.1) is 5.92 Å². The largest absolute Gasteiger partial charge is 0.481 e. The van der Waals surface area contributed by atoms with Crippen molar-refractivity contribution in [1.82, 2.24) is 0 Å². The molecule has 1 heterocycles. The standard InChI is InChI=1S/C23H22Cl2O5/c1-4-28-22(27)21-14(2)30-23(20(21)13-29-15(3)26,16-5-9-18(24)10-6-16)17-7-11-19(25)12-8-17/h5-12,20H,4,13H2,1-3H3.